The Bertz CT molecular complexity index is 824. The van der Waals surface area contributed by atoms with Crippen LogP contribution < -0.4 is 5.32 Å². The topological polar surface area (TPSA) is 89.5 Å². The monoisotopic (exact) mass is 296 g/mol. The molecule has 1 aromatic carbocycles. The Morgan fingerprint density at radius 3 is 2.77 bits per heavy atom. The van der Waals surface area contributed by atoms with Gasteiger partial charge in [-0.25, -0.2) is 4.98 Å². The summed E-state index contributed by atoms with van der Waals surface area (Å²) in [4.78, 5) is 26.7. The predicted molar refractivity (Wildman–Crippen MR) is 80.6 cm³/mol. The first-order chi connectivity index (χ1) is 10.6. The molecule has 7 nitrogen and oxygen atoms in total. The van der Waals surface area contributed by atoms with Crippen molar-refractivity contribution in [1.29, 1.82) is 0 Å². The Balaban J connectivity index is 1.76. The average molecular weight is 296 g/mol. The number of nitro benzene ring substituents is 1. The molecule has 0 saturated heterocycles. The van der Waals surface area contributed by atoms with Crippen LogP contribution in [0.1, 0.15) is 5.56 Å². The highest BCUT2D eigenvalue weighted by atomic mass is 16.6. The third kappa shape index (κ3) is 2.78. The minimum Gasteiger partial charge on any atom is -0.309 e. The zero-order valence-corrected chi connectivity index (χ0v) is 11.5. The number of amides is 1. The van der Waals surface area contributed by atoms with Crippen molar-refractivity contribution < 1.29 is 9.72 Å². The number of pyridine rings is 1. The van der Waals surface area contributed by atoms with Crippen LogP contribution in [0.2, 0.25) is 0 Å². The van der Waals surface area contributed by atoms with Gasteiger partial charge in [0.1, 0.15) is 5.65 Å². The van der Waals surface area contributed by atoms with E-state index in [-0.39, 0.29) is 18.0 Å². The molecule has 0 unspecified atom stereocenters. The zero-order valence-electron chi connectivity index (χ0n) is 11.5. The van der Waals surface area contributed by atoms with Gasteiger partial charge in [-0.15, -0.1) is 0 Å². The van der Waals surface area contributed by atoms with Gasteiger partial charge in [0.05, 0.1) is 17.5 Å². The van der Waals surface area contributed by atoms with E-state index in [1.807, 2.05) is 24.4 Å². The number of hydrogen-bond donors (Lipinski definition) is 1. The van der Waals surface area contributed by atoms with Crippen molar-refractivity contribution in [3.05, 3.63) is 70.5 Å². The molecule has 0 aliphatic carbocycles. The first-order valence-corrected chi connectivity index (χ1v) is 6.59. The number of hydrogen-bond acceptors (Lipinski definition) is 4. The maximum Gasteiger partial charge on any atom is 0.273 e. The molecular weight excluding hydrogens is 284 g/mol. The van der Waals surface area contributed by atoms with Gasteiger partial charge in [-0.05, 0) is 12.1 Å². The third-order valence-corrected chi connectivity index (χ3v) is 3.17. The molecule has 0 bridgehead atoms. The lowest BCUT2D eigenvalue weighted by Crippen LogP contribution is -2.15. The second kappa shape index (κ2) is 5.65. The number of rotatable bonds is 4. The van der Waals surface area contributed by atoms with Crippen molar-refractivity contribution in [2.45, 2.75) is 6.42 Å². The molecule has 110 valence electrons. The lowest BCUT2D eigenvalue weighted by Gasteiger charge is -2.03. The van der Waals surface area contributed by atoms with Crippen LogP contribution in [-0.2, 0) is 11.2 Å². The second-order valence-electron chi connectivity index (χ2n) is 4.70. The number of aromatic nitrogens is 2. The molecule has 0 fully saturated rings. The summed E-state index contributed by atoms with van der Waals surface area (Å²) < 4.78 is 1.78. The summed E-state index contributed by atoms with van der Waals surface area (Å²) in [6, 6.07) is 11.7. The summed E-state index contributed by atoms with van der Waals surface area (Å²) in [5, 5.41) is 13.6. The summed E-state index contributed by atoms with van der Waals surface area (Å²) in [5.74, 6) is 0.0625. The zero-order chi connectivity index (χ0) is 15.5. The number of nitrogens with one attached hydrogen (secondary N) is 1. The Kier molecular flexibility index (Phi) is 3.53. The molecule has 2 aromatic heterocycles. The molecule has 0 aliphatic rings. The highest BCUT2D eigenvalue weighted by molar-refractivity contribution is 5.92. The minimum absolute atomic E-state index is 0.0624. The summed E-state index contributed by atoms with van der Waals surface area (Å²) >= 11 is 0. The van der Waals surface area contributed by atoms with Crippen LogP contribution in [-0.4, -0.2) is 20.2 Å². The molecule has 1 N–H and O–H groups in total. The van der Waals surface area contributed by atoms with E-state index in [0.29, 0.717) is 17.0 Å². The van der Waals surface area contributed by atoms with Gasteiger partial charge in [0.25, 0.3) is 5.69 Å². The first-order valence-electron chi connectivity index (χ1n) is 6.59. The largest absolute Gasteiger partial charge is 0.309 e. The van der Waals surface area contributed by atoms with Gasteiger partial charge >= 0.3 is 0 Å². The maximum absolute atomic E-state index is 12.1. The van der Waals surface area contributed by atoms with Crippen LogP contribution in [0.3, 0.4) is 0 Å². The van der Waals surface area contributed by atoms with Crippen molar-refractivity contribution in [1.82, 2.24) is 9.38 Å². The van der Waals surface area contributed by atoms with E-state index >= 15 is 0 Å². The van der Waals surface area contributed by atoms with Gasteiger partial charge in [-0.1, -0.05) is 24.3 Å². The van der Waals surface area contributed by atoms with Crippen molar-refractivity contribution in [3.63, 3.8) is 0 Å². The Labute approximate surface area is 125 Å². The molecule has 3 rings (SSSR count). The van der Waals surface area contributed by atoms with Crippen molar-refractivity contribution >= 4 is 23.1 Å². The number of benzene rings is 1. The summed E-state index contributed by atoms with van der Waals surface area (Å²) in [5.41, 5.74) is 1.02. The van der Waals surface area contributed by atoms with Crippen molar-refractivity contribution in [3.8, 4) is 0 Å². The molecule has 1 amide bonds. The van der Waals surface area contributed by atoms with Gasteiger partial charge in [-0.3, -0.25) is 14.9 Å². The highest BCUT2D eigenvalue weighted by Crippen LogP contribution is 2.18. The average Bonchev–Trinajstić information content (AvgIpc) is 2.89. The molecule has 0 spiro atoms. The second-order valence-corrected chi connectivity index (χ2v) is 4.70. The number of anilines is 1. The standard InChI is InChI=1S/C15H12N4O3/c20-15(9-11-5-1-2-6-12(11)19(21)22)17-13-10-18-8-4-3-7-14(18)16-13/h1-8,10H,9H2,(H,17,20). The van der Waals surface area contributed by atoms with Crippen LogP contribution in [0.15, 0.2) is 54.9 Å². The van der Waals surface area contributed by atoms with E-state index < -0.39 is 4.92 Å². The predicted octanol–water partition coefficient (Wildman–Crippen LogP) is 2.42. The van der Waals surface area contributed by atoms with Gasteiger partial charge in [0, 0.05) is 17.8 Å². The number of nitrogens with zero attached hydrogens (tertiary/aromatic N) is 3. The number of nitro groups is 1. The molecule has 2 heterocycles. The van der Waals surface area contributed by atoms with Crippen LogP contribution >= 0.6 is 0 Å². The molecule has 0 radical (unpaired) electrons. The van der Waals surface area contributed by atoms with Crippen LogP contribution in [0.4, 0.5) is 11.5 Å². The number of imidazole rings is 1. The number of para-hydroxylation sites is 1. The van der Waals surface area contributed by atoms with E-state index in [9.17, 15) is 14.9 Å². The van der Waals surface area contributed by atoms with E-state index in [4.69, 9.17) is 0 Å². The highest BCUT2D eigenvalue weighted by Gasteiger charge is 2.16. The fourth-order valence-electron chi connectivity index (χ4n) is 2.19. The van der Waals surface area contributed by atoms with Crippen molar-refractivity contribution in [2.75, 3.05) is 5.32 Å². The van der Waals surface area contributed by atoms with Gasteiger partial charge in [-0.2, -0.15) is 0 Å². The normalized spacial score (nSPS) is 10.5. The Morgan fingerprint density at radius 2 is 2.00 bits per heavy atom. The Morgan fingerprint density at radius 1 is 1.23 bits per heavy atom. The van der Waals surface area contributed by atoms with E-state index in [1.54, 1.807) is 28.8 Å². The fraction of sp³-hybridized carbons (Fsp3) is 0.0667. The minimum atomic E-state index is -0.493. The van der Waals surface area contributed by atoms with Gasteiger partial charge in [0.2, 0.25) is 5.91 Å². The lowest BCUT2D eigenvalue weighted by atomic mass is 10.1. The first kappa shape index (κ1) is 13.7. The number of fused-ring (bicyclic) bond motifs is 1. The fourth-order valence-corrected chi connectivity index (χ4v) is 2.19. The smallest absolute Gasteiger partial charge is 0.273 e. The molecule has 7 heteroatoms. The van der Waals surface area contributed by atoms with Gasteiger partial charge < -0.3 is 9.72 Å². The molecule has 0 atom stereocenters. The van der Waals surface area contributed by atoms with Crippen molar-refractivity contribution in [2.24, 2.45) is 0 Å². The number of carbonyl (C=O) groups is 1. The van der Waals surface area contributed by atoms with Crippen LogP contribution in [0.5, 0.6) is 0 Å². The van der Waals surface area contributed by atoms with Crippen LogP contribution in [0.25, 0.3) is 5.65 Å². The molecular formula is C15H12N4O3. The number of carbonyl (C=O) groups excluding carboxylic acids is 1. The molecule has 0 aliphatic heterocycles. The molecule has 0 saturated carbocycles. The van der Waals surface area contributed by atoms with E-state index in [2.05, 4.69) is 10.3 Å². The SMILES string of the molecule is O=C(Cc1ccccc1[N+](=O)[O-])Nc1cn2ccccc2n1. The molecule has 3 aromatic rings. The lowest BCUT2D eigenvalue weighted by molar-refractivity contribution is -0.385. The maximum atomic E-state index is 12.1. The quantitative estimate of drug-likeness (QED) is 0.591. The van der Waals surface area contributed by atoms with E-state index in [1.165, 1.54) is 6.07 Å². The molecule has 22 heavy (non-hydrogen) atoms. The van der Waals surface area contributed by atoms with Crippen LogP contribution in [0, 0.1) is 10.1 Å². The summed E-state index contributed by atoms with van der Waals surface area (Å²) in [6.45, 7) is 0. The summed E-state index contributed by atoms with van der Waals surface area (Å²) in [6.07, 6.45) is 3.43. The Hall–Kier alpha value is -3.22. The van der Waals surface area contributed by atoms with Gasteiger partial charge in [0.15, 0.2) is 5.82 Å². The third-order valence-electron chi connectivity index (χ3n) is 3.17. The van der Waals surface area contributed by atoms with E-state index in [0.717, 1.165) is 0 Å². The summed E-state index contributed by atoms with van der Waals surface area (Å²) in [7, 11) is 0.